The van der Waals surface area contributed by atoms with Crippen molar-refractivity contribution >= 4 is 28.2 Å². The number of nitrogens with zero attached hydrogens (tertiary/aromatic N) is 1. The standard InChI is InChI=1S/C15H22N2O3S/c1-4-20-15(19)13-10-5-6-17(12(18)7-9(2)3)8-11(10)21-14(13)16/h9H,4-8,16H2,1-3H3. The van der Waals surface area contributed by atoms with Crippen LogP contribution in [-0.2, 0) is 22.5 Å². The molecule has 2 heterocycles. The van der Waals surface area contributed by atoms with Crippen LogP contribution in [0.5, 0.6) is 0 Å². The zero-order valence-electron chi connectivity index (χ0n) is 12.8. The minimum absolute atomic E-state index is 0.167. The van der Waals surface area contributed by atoms with Gasteiger partial charge in [0.15, 0.2) is 0 Å². The fourth-order valence-electron chi connectivity index (χ4n) is 2.54. The number of carbonyl (C=O) groups is 2. The first-order valence-corrected chi connectivity index (χ1v) is 8.10. The number of anilines is 1. The molecule has 0 unspecified atom stereocenters. The molecule has 6 heteroatoms. The maximum atomic E-state index is 12.2. The smallest absolute Gasteiger partial charge is 0.341 e. The molecule has 0 atom stereocenters. The van der Waals surface area contributed by atoms with Crippen molar-refractivity contribution in [2.24, 2.45) is 5.92 Å². The second kappa shape index (κ2) is 6.47. The monoisotopic (exact) mass is 310 g/mol. The molecule has 0 aliphatic carbocycles. The first kappa shape index (κ1) is 15.8. The normalized spacial score (nSPS) is 14.2. The third kappa shape index (κ3) is 3.37. The van der Waals surface area contributed by atoms with Crippen LogP contribution in [0.2, 0.25) is 0 Å². The highest BCUT2D eigenvalue weighted by Crippen LogP contribution is 2.35. The summed E-state index contributed by atoms with van der Waals surface area (Å²) in [6.07, 6.45) is 1.22. The summed E-state index contributed by atoms with van der Waals surface area (Å²) in [7, 11) is 0. The van der Waals surface area contributed by atoms with Gasteiger partial charge < -0.3 is 15.4 Å². The SMILES string of the molecule is CCOC(=O)c1c(N)sc2c1CCN(C(=O)CC(C)C)C2. The molecule has 0 saturated carbocycles. The summed E-state index contributed by atoms with van der Waals surface area (Å²) < 4.78 is 5.07. The number of hydrogen-bond acceptors (Lipinski definition) is 5. The Labute approximate surface area is 129 Å². The lowest BCUT2D eigenvalue weighted by Crippen LogP contribution is -2.36. The summed E-state index contributed by atoms with van der Waals surface area (Å²) in [5.41, 5.74) is 7.44. The molecule has 1 aliphatic rings. The van der Waals surface area contributed by atoms with E-state index in [1.54, 1.807) is 6.92 Å². The van der Waals surface area contributed by atoms with Gasteiger partial charge in [-0.15, -0.1) is 11.3 Å². The van der Waals surface area contributed by atoms with Gasteiger partial charge in [-0.3, -0.25) is 4.79 Å². The van der Waals surface area contributed by atoms with E-state index in [1.807, 2.05) is 18.7 Å². The molecule has 1 aromatic heterocycles. The Balaban J connectivity index is 2.18. The van der Waals surface area contributed by atoms with E-state index in [2.05, 4.69) is 0 Å². The molecule has 0 radical (unpaired) electrons. The molecule has 0 fully saturated rings. The minimum Gasteiger partial charge on any atom is -0.462 e. The van der Waals surface area contributed by atoms with E-state index < -0.39 is 0 Å². The van der Waals surface area contributed by atoms with Gasteiger partial charge in [-0.05, 0) is 24.8 Å². The molecule has 2 N–H and O–H groups in total. The van der Waals surface area contributed by atoms with E-state index in [-0.39, 0.29) is 11.9 Å². The quantitative estimate of drug-likeness (QED) is 0.867. The first-order valence-electron chi connectivity index (χ1n) is 7.28. The largest absolute Gasteiger partial charge is 0.462 e. The summed E-state index contributed by atoms with van der Waals surface area (Å²) in [6, 6.07) is 0. The number of carbonyl (C=O) groups excluding carboxylic acids is 2. The maximum absolute atomic E-state index is 12.2. The Hall–Kier alpha value is -1.56. The summed E-state index contributed by atoms with van der Waals surface area (Å²) in [6.45, 7) is 7.38. The van der Waals surface area contributed by atoms with Gasteiger partial charge in [0.2, 0.25) is 5.91 Å². The number of fused-ring (bicyclic) bond motifs is 1. The van der Waals surface area contributed by atoms with Gasteiger partial charge in [-0.2, -0.15) is 0 Å². The molecule has 0 spiro atoms. The highest BCUT2D eigenvalue weighted by Gasteiger charge is 2.29. The molecule has 2 rings (SSSR count). The molecule has 21 heavy (non-hydrogen) atoms. The number of nitrogen functional groups attached to an aromatic ring is 1. The molecule has 5 nitrogen and oxygen atoms in total. The van der Waals surface area contributed by atoms with E-state index in [9.17, 15) is 9.59 Å². The molecule has 1 aromatic rings. The number of thiophene rings is 1. The third-order valence-corrected chi connectivity index (χ3v) is 4.55. The van der Waals surface area contributed by atoms with Gasteiger partial charge >= 0.3 is 5.97 Å². The summed E-state index contributed by atoms with van der Waals surface area (Å²) >= 11 is 1.39. The zero-order chi connectivity index (χ0) is 15.6. The third-order valence-electron chi connectivity index (χ3n) is 3.50. The second-order valence-corrected chi connectivity index (χ2v) is 6.76. The fourth-order valence-corrected chi connectivity index (χ4v) is 3.66. The molecular weight excluding hydrogens is 288 g/mol. The van der Waals surface area contributed by atoms with Crippen molar-refractivity contribution in [2.45, 2.75) is 40.2 Å². The fraction of sp³-hybridized carbons (Fsp3) is 0.600. The number of hydrogen-bond donors (Lipinski definition) is 1. The van der Waals surface area contributed by atoms with Crippen LogP contribution in [0.15, 0.2) is 0 Å². The van der Waals surface area contributed by atoms with E-state index in [4.69, 9.17) is 10.5 Å². The Morgan fingerprint density at radius 3 is 2.76 bits per heavy atom. The number of nitrogens with two attached hydrogens (primary N) is 1. The van der Waals surface area contributed by atoms with Gasteiger partial charge in [0.1, 0.15) is 5.00 Å². The maximum Gasteiger partial charge on any atom is 0.341 e. The van der Waals surface area contributed by atoms with Crippen LogP contribution in [-0.4, -0.2) is 29.9 Å². The number of esters is 1. The van der Waals surface area contributed by atoms with Gasteiger partial charge in [0, 0.05) is 17.8 Å². The van der Waals surface area contributed by atoms with E-state index in [0.29, 0.717) is 49.0 Å². The van der Waals surface area contributed by atoms with E-state index in [0.717, 1.165) is 10.4 Å². The molecule has 116 valence electrons. The lowest BCUT2D eigenvalue weighted by Gasteiger charge is -2.28. The van der Waals surface area contributed by atoms with Gasteiger partial charge in [0.05, 0.1) is 18.7 Å². The van der Waals surface area contributed by atoms with Crippen LogP contribution < -0.4 is 5.73 Å². The van der Waals surface area contributed by atoms with Crippen LogP contribution in [0, 0.1) is 5.92 Å². The molecule has 1 aliphatic heterocycles. The summed E-state index contributed by atoms with van der Waals surface area (Å²) in [5, 5.41) is 0.497. The number of ether oxygens (including phenoxy) is 1. The number of rotatable bonds is 4. The van der Waals surface area contributed by atoms with Crippen molar-refractivity contribution in [3.8, 4) is 0 Å². The van der Waals surface area contributed by atoms with E-state index in [1.165, 1.54) is 11.3 Å². The van der Waals surface area contributed by atoms with Crippen LogP contribution in [0.25, 0.3) is 0 Å². The van der Waals surface area contributed by atoms with Crippen molar-refractivity contribution < 1.29 is 14.3 Å². The van der Waals surface area contributed by atoms with Gasteiger partial charge in [-0.1, -0.05) is 13.8 Å². The second-order valence-electron chi connectivity index (χ2n) is 5.63. The molecule has 0 aromatic carbocycles. The average molecular weight is 310 g/mol. The van der Waals surface area contributed by atoms with Crippen molar-refractivity contribution in [1.29, 1.82) is 0 Å². The van der Waals surface area contributed by atoms with Gasteiger partial charge in [-0.25, -0.2) is 4.79 Å². The molecule has 1 amide bonds. The van der Waals surface area contributed by atoms with Crippen molar-refractivity contribution in [3.63, 3.8) is 0 Å². The Kier molecular flexibility index (Phi) is 4.88. The molecular formula is C15H22N2O3S. The van der Waals surface area contributed by atoms with Crippen LogP contribution in [0.1, 0.15) is 48.0 Å². The molecule has 0 saturated heterocycles. The van der Waals surface area contributed by atoms with Crippen molar-refractivity contribution in [3.05, 3.63) is 16.0 Å². The Morgan fingerprint density at radius 1 is 1.43 bits per heavy atom. The predicted octanol–water partition coefficient (Wildman–Crippen LogP) is 2.44. The first-order chi connectivity index (χ1) is 9.93. The van der Waals surface area contributed by atoms with Crippen LogP contribution in [0.3, 0.4) is 0 Å². The topological polar surface area (TPSA) is 72.6 Å². The highest BCUT2D eigenvalue weighted by molar-refractivity contribution is 7.16. The minimum atomic E-state index is -0.352. The summed E-state index contributed by atoms with van der Waals surface area (Å²) in [4.78, 5) is 27.0. The zero-order valence-corrected chi connectivity index (χ0v) is 13.6. The van der Waals surface area contributed by atoms with Crippen molar-refractivity contribution in [1.82, 2.24) is 4.90 Å². The highest BCUT2D eigenvalue weighted by atomic mass is 32.1. The van der Waals surface area contributed by atoms with Crippen LogP contribution in [0.4, 0.5) is 5.00 Å². The van der Waals surface area contributed by atoms with E-state index >= 15 is 0 Å². The predicted molar refractivity (Wildman–Crippen MR) is 83.3 cm³/mol. The Bertz CT molecular complexity index is 551. The van der Waals surface area contributed by atoms with Crippen molar-refractivity contribution in [2.75, 3.05) is 18.9 Å². The lowest BCUT2D eigenvalue weighted by molar-refractivity contribution is -0.132. The molecule has 0 bridgehead atoms. The van der Waals surface area contributed by atoms with Gasteiger partial charge in [0.25, 0.3) is 0 Å². The Morgan fingerprint density at radius 2 is 2.14 bits per heavy atom. The average Bonchev–Trinajstić information content (AvgIpc) is 2.72. The summed E-state index contributed by atoms with van der Waals surface area (Å²) in [5.74, 6) is 0.164. The lowest BCUT2D eigenvalue weighted by atomic mass is 10.0. The van der Waals surface area contributed by atoms with Crippen LogP contribution >= 0.6 is 11.3 Å². The number of amides is 1.